The van der Waals surface area contributed by atoms with Crippen LogP contribution in [-0.4, -0.2) is 0 Å². The van der Waals surface area contributed by atoms with Gasteiger partial charge >= 0.3 is 128 Å². The molecular formula is C18H30Ru. The van der Waals surface area contributed by atoms with Crippen LogP contribution in [0.15, 0.2) is 44.8 Å². The predicted octanol–water partition coefficient (Wildman–Crippen LogP) is 6.08. The van der Waals surface area contributed by atoms with Crippen LogP contribution in [0.2, 0.25) is 0 Å². The summed E-state index contributed by atoms with van der Waals surface area (Å²) in [7, 11) is 0. The average Bonchev–Trinajstić information content (AvgIpc) is 2.24. The molecule has 0 aliphatic rings. The maximum absolute atomic E-state index is 2.31. The van der Waals surface area contributed by atoms with E-state index in [0.29, 0.717) is 0 Å². The third-order valence-corrected chi connectivity index (χ3v) is 6.57. The normalized spacial score (nSPS) is 16.0. The fourth-order valence-corrected chi connectivity index (χ4v) is 3.72. The number of allylic oxidation sites excluding steroid dienone is 8. The molecule has 0 rings (SSSR count). The third-order valence-electron chi connectivity index (χ3n) is 2.45. The Morgan fingerprint density at radius 1 is 0.684 bits per heavy atom. The first-order valence-corrected chi connectivity index (χ1v) is 8.66. The quantitative estimate of drug-likeness (QED) is 0.427. The summed E-state index contributed by atoms with van der Waals surface area (Å²) in [6.07, 6.45) is 13.2. The fraction of sp³-hybridized carbons (Fsp3) is 0.556. The van der Waals surface area contributed by atoms with Gasteiger partial charge in [0.05, 0.1) is 0 Å². The minimum absolute atomic E-state index is 0.115. The SMILES string of the molecule is C/C=C/C=[C](/[Ru]/[C](=C/C=C/C)C(C)(C)C)C(C)(C)C. The topological polar surface area (TPSA) is 0 Å². The zero-order chi connectivity index (χ0) is 15.1. The van der Waals surface area contributed by atoms with Gasteiger partial charge in [0.1, 0.15) is 0 Å². The van der Waals surface area contributed by atoms with Crippen molar-refractivity contribution < 1.29 is 17.1 Å². The first-order valence-electron chi connectivity index (χ1n) is 6.92. The van der Waals surface area contributed by atoms with Crippen LogP contribution in [0.5, 0.6) is 0 Å². The molecule has 0 spiro atoms. The Morgan fingerprint density at radius 2 is 1.00 bits per heavy atom. The summed E-state index contributed by atoms with van der Waals surface area (Å²) < 4.78 is 3.15. The number of hydrogen-bond acceptors (Lipinski definition) is 0. The summed E-state index contributed by atoms with van der Waals surface area (Å²) in [5, 5.41) is 0. The van der Waals surface area contributed by atoms with Gasteiger partial charge in [-0.15, -0.1) is 0 Å². The van der Waals surface area contributed by atoms with Gasteiger partial charge in [-0.25, -0.2) is 0 Å². The first kappa shape index (κ1) is 18.6. The molecule has 1 heteroatoms. The van der Waals surface area contributed by atoms with Crippen molar-refractivity contribution in [3.05, 3.63) is 44.8 Å². The van der Waals surface area contributed by atoms with Crippen LogP contribution < -0.4 is 0 Å². The van der Waals surface area contributed by atoms with E-state index in [1.807, 2.05) is 0 Å². The van der Waals surface area contributed by atoms with Gasteiger partial charge < -0.3 is 0 Å². The van der Waals surface area contributed by atoms with Crippen molar-refractivity contribution >= 4 is 0 Å². The Hall–Kier alpha value is -0.417. The Bertz CT molecular complexity index is 341. The number of hydrogen-bond donors (Lipinski definition) is 0. The van der Waals surface area contributed by atoms with Crippen LogP contribution >= 0.6 is 0 Å². The van der Waals surface area contributed by atoms with Gasteiger partial charge in [0.25, 0.3) is 0 Å². The van der Waals surface area contributed by atoms with Crippen molar-refractivity contribution in [3.63, 3.8) is 0 Å². The molecule has 0 fully saturated rings. The van der Waals surface area contributed by atoms with Crippen molar-refractivity contribution in [2.45, 2.75) is 55.4 Å². The second-order valence-electron chi connectivity index (χ2n) is 6.64. The van der Waals surface area contributed by atoms with E-state index in [2.05, 4.69) is 91.8 Å². The van der Waals surface area contributed by atoms with Crippen LogP contribution in [0.4, 0.5) is 0 Å². The Morgan fingerprint density at radius 3 is 1.21 bits per heavy atom. The molecule has 0 aromatic rings. The second-order valence-corrected chi connectivity index (χ2v) is 8.95. The molecule has 0 unspecified atom stereocenters. The Kier molecular flexibility index (Phi) is 7.83. The molecule has 0 bridgehead atoms. The summed E-state index contributed by atoms with van der Waals surface area (Å²) in [4.78, 5) is 0. The molecule has 0 radical (unpaired) electrons. The van der Waals surface area contributed by atoms with Crippen molar-refractivity contribution in [2.75, 3.05) is 0 Å². The molecule has 0 aromatic heterocycles. The molecule has 0 aliphatic carbocycles. The third kappa shape index (κ3) is 7.68. The summed E-state index contributed by atoms with van der Waals surface area (Å²) in [6, 6.07) is 0. The van der Waals surface area contributed by atoms with Gasteiger partial charge in [-0.2, -0.15) is 0 Å². The van der Waals surface area contributed by atoms with Crippen LogP contribution in [-0.2, 0) is 17.1 Å². The molecule has 0 N–H and O–H groups in total. The zero-order valence-corrected chi connectivity index (χ0v) is 15.6. The van der Waals surface area contributed by atoms with Gasteiger partial charge in [-0.3, -0.25) is 0 Å². The van der Waals surface area contributed by atoms with E-state index in [1.54, 1.807) is 8.33 Å². The molecule has 0 aromatic carbocycles. The molecule has 0 aliphatic heterocycles. The van der Waals surface area contributed by atoms with E-state index < -0.39 is 0 Å². The molecule has 0 nitrogen and oxygen atoms in total. The summed E-state index contributed by atoms with van der Waals surface area (Å²) in [5.74, 6) is 0. The van der Waals surface area contributed by atoms with E-state index in [9.17, 15) is 0 Å². The van der Waals surface area contributed by atoms with Gasteiger partial charge in [0, 0.05) is 0 Å². The van der Waals surface area contributed by atoms with Crippen LogP contribution in [0.25, 0.3) is 0 Å². The van der Waals surface area contributed by atoms with Crippen molar-refractivity contribution in [3.8, 4) is 0 Å². The minimum atomic E-state index is 0.115. The zero-order valence-electron chi connectivity index (χ0n) is 13.8. The van der Waals surface area contributed by atoms with Crippen LogP contribution in [0, 0.1) is 10.8 Å². The average molecular weight is 348 g/mol. The van der Waals surface area contributed by atoms with Crippen molar-refractivity contribution in [1.82, 2.24) is 0 Å². The molecule has 0 amide bonds. The van der Waals surface area contributed by atoms with E-state index in [4.69, 9.17) is 0 Å². The Labute approximate surface area is 128 Å². The van der Waals surface area contributed by atoms with Gasteiger partial charge in [0.15, 0.2) is 0 Å². The summed E-state index contributed by atoms with van der Waals surface area (Å²) in [6.45, 7) is 18.0. The van der Waals surface area contributed by atoms with Gasteiger partial charge in [-0.1, -0.05) is 0 Å². The van der Waals surface area contributed by atoms with Gasteiger partial charge in [-0.05, 0) is 0 Å². The maximum atomic E-state index is 2.31. The van der Waals surface area contributed by atoms with E-state index in [-0.39, 0.29) is 28.0 Å². The number of rotatable bonds is 4. The fourth-order valence-electron chi connectivity index (χ4n) is 1.28. The van der Waals surface area contributed by atoms with E-state index in [1.165, 1.54) is 0 Å². The molecule has 110 valence electrons. The van der Waals surface area contributed by atoms with Crippen molar-refractivity contribution in [1.29, 1.82) is 0 Å². The summed E-state index contributed by atoms with van der Waals surface area (Å²) in [5.41, 5.74) is 0.496. The molecule has 0 saturated heterocycles. The summed E-state index contributed by atoms with van der Waals surface area (Å²) >= 11 is 0.115. The van der Waals surface area contributed by atoms with Crippen LogP contribution in [0.1, 0.15) is 55.4 Å². The predicted molar refractivity (Wildman–Crippen MR) is 84.7 cm³/mol. The standard InChI is InChI=1S/2C9H15.Ru/c2*1-5-6-7-8-9(2,3)4;/h2*5-7H,1-4H3;/b2*6-5+,8-7?;. The molecule has 0 atom stereocenters. The van der Waals surface area contributed by atoms with E-state index >= 15 is 0 Å². The second kappa shape index (κ2) is 8.00. The van der Waals surface area contributed by atoms with Crippen LogP contribution in [0.3, 0.4) is 0 Å². The molecule has 0 saturated carbocycles. The molecular weight excluding hydrogens is 317 g/mol. The molecule has 0 heterocycles. The first-order chi connectivity index (χ1) is 8.62. The van der Waals surface area contributed by atoms with E-state index in [0.717, 1.165) is 0 Å². The molecule has 19 heavy (non-hydrogen) atoms. The Balaban J connectivity index is 5.40. The monoisotopic (exact) mass is 348 g/mol. The van der Waals surface area contributed by atoms with Crippen molar-refractivity contribution in [2.24, 2.45) is 10.8 Å². The van der Waals surface area contributed by atoms with Gasteiger partial charge in [0.2, 0.25) is 0 Å².